The molecule has 0 aromatic carbocycles. The molecule has 2 N–H and O–H groups in total. The summed E-state index contributed by atoms with van der Waals surface area (Å²) in [7, 11) is 0. The summed E-state index contributed by atoms with van der Waals surface area (Å²) < 4.78 is 0. The minimum atomic E-state index is -0.201. The van der Waals surface area contributed by atoms with Crippen LogP contribution >= 0.6 is 0 Å². The van der Waals surface area contributed by atoms with E-state index in [0.29, 0.717) is 17.0 Å². The highest BCUT2D eigenvalue weighted by Gasteiger charge is 2.45. The van der Waals surface area contributed by atoms with Gasteiger partial charge in [-0.3, -0.25) is 9.78 Å². The summed E-state index contributed by atoms with van der Waals surface area (Å²) in [4.78, 5) is 16.1. The van der Waals surface area contributed by atoms with Crippen LogP contribution in [0.15, 0.2) is 18.5 Å². The molecule has 1 amide bonds. The normalized spacial score (nSPS) is 15.4. The summed E-state index contributed by atoms with van der Waals surface area (Å²) in [5, 5.41) is 11.7. The number of pyridine rings is 1. The second-order valence-corrected chi connectivity index (χ2v) is 5.62. The first-order chi connectivity index (χ1) is 9.57. The molecule has 1 fully saturated rings. The summed E-state index contributed by atoms with van der Waals surface area (Å²) in [6.07, 6.45) is 5.49. The number of hydrogen-bond donors (Lipinski definition) is 2. The first-order valence-corrected chi connectivity index (χ1v) is 6.90. The zero-order valence-corrected chi connectivity index (χ0v) is 11.9. The molecule has 0 radical (unpaired) electrons. The lowest BCUT2D eigenvalue weighted by atomic mass is 9.92. The second-order valence-electron chi connectivity index (χ2n) is 5.62. The third kappa shape index (κ3) is 3.37. The van der Waals surface area contributed by atoms with E-state index in [1.165, 1.54) is 19.0 Å². The van der Waals surface area contributed by atoms with Gasteiger partial charge in [0.05, 0.1) is 5.56 Å². The van der Waals surface area contributed by atoms with Gasteiger partial charge in [0.25, 0.3) is 5.91 Å². The van der Waals surface area contributed by atoms with E-state index in [2.05, 4.69) is 36.0 Å². The predicted octanol–water partition coefficient (Wildman–Crippen LogP) is 1.59. The fourth-order valence-corrected chi connectivity index (χ4v) is 2.25. The van der Waals surface area contributed by atoms with Crippen LogP contribution in [0.4, 0.5) is 0 Å². The highest BCUT2D eigenvalue weighted by Crippen LogP contribution is 2.51. The zero-order chi connectivity index (χ0) is 14.6. The Morgan fingerprint density at radius 2 is 2.25 bits per heavy atom. The zero-order valence-electron chi connectivity index (χ0n) is 11.9. The Morgan fingerprint density at radius 1 is 1.50 bits per heavy atom. The van der Waals surface area contributed by atoms with Crippen molar-refractivity contribution in [2.75, 3.05) is 13.2 Å². The first-order valence-electron chi connectivity index (χ1n) is 6.90. The Balaban J connectivity index is 1.99. The number of nitrogens with zero attached hydrogens (tertiary/aromatic N) is 1. The van der Waals surface area contributed by atoms with E-state index in [0.717, 1.165) is 6.54 Å². The number of aromatic nitrogens is 1. The first kappa shape index (κ1) is 14.5. The molecule has 1 aromatic heterocycles. The van der Waals surface area contributed by atoms with E-state index in [1.807, 2.05) is 0 Å². The van der Waals surface area contributed by atoms with Crippen molar-refractivity contribution in [3.63, 3.8) is 0 Å². The van der Waals surface area contributed by atoms with Crippen molar-refractivity contribution in [3.8, 4) is 11.8 Å². The molecule has 1 aliphatic carbocycles. The lowest BCUT2D eigenvalue weighted by molar-refractivity contribution is 0.0939. The van der Waals surface area contributed by atoms with Gasteiger partial charge in [0, 0.05) is 24.5 Å². The summed E-state index contributed by atoms with van der Waals surface area (Å²) in [6, 6.07) is 1.69. The Bertz CT molecular complexity index is 551. The van der Waals surface area contributed by atoms with E-state index < -0.39 is 0 Å². The number of amides is 1. The SMILES string of the molecule is CC(C)C1(CNC(=O)c2cncc(C#CCO)c2)CC1. The lowest BCUT2D eigenvalue weighted by Gasteiger charge is -2.19. The number of carbonyl (C=O) groups excluding carboxylic acids is 1. The van der Waals surface area contributed by atoms with Crippen molar-refractivity contribution in [2.45, 2.75) is 26.7 Å². The molecular weight excluding hydrogens is 252 g/mol. The molecule has 1 saturated carbocycles. The van der Waals surface area contributed by atoms with Crippen molar-refractivity contribution >= 4 is 5.91 Å². The number of rotatable bonds is 4. The lowest BCUT2D eigenvalue weighted by Crippen LogP contribution is -2.32. The van der Waals surface area contributed by atoms with Gasteiger partial charge in [0.15, 0.2) is 0 Å². The number of aliphatic hydroxyl groups excluding tert-OH is 1. The fraction of sp³-hybridized carbons (Fsp3) is 0.500. The predicted molar refractivity (Wildman–Crippen MR) is 77.0 cm³/mol. The van der Waals surface area contributed by atoms with Crippen molar-refractivity contribution in [1.29, 1.82) is 0 Å². The molecule has 0 unspecified atom stereocenters. The quantitative estimate of drug-likeness (QED) is 0.818. The van der Waals surface area contributed by atoms with Crippen LogP contribution in [0.5, 0.6) is 0 Å². The number of aliphatic hydroxyl groups is 1. The van der Waals surface area contributed by atoms with Crippen LogP contribution in [0, 0.1) is 23.2 Å². The van der Waals surface area contributed by atoms with E-state index in [4.69, 9.17) is 5.11 Å². The minimum Gasteiger partial charge on any atom is -0.384 e. The highest BCUT2D eigenvalue weighted by molar-refractivity contribution is 5.94. The Labute approximate surface area is 119 Å². The van der Waals surface area contributed by atoms with Gasteiger partial charge >= 0.3 is 0 Å². The summed E-state index contributed by atoms with van der Waals surface area (Å²) in [5.41, 5.74) is 1.43. The molecule has 0 aliphatic heterocycles. The molecule has 20 heavy (non-hydrogen) atoms. The molecule has 0 bridgehead atoms. The molecule has 106 valence electrons. The van der Waals surface area contributed by atoms with E-state index in [9.17, 15) is 4.79 Å². The van der Waals surface area contributed by atoms with Crippen LogP contribution in [-0.4, -0.2) is 29.1 Å². The maximum atomic E-state index is 12.1. The standard InChI is InChI=1S/C16H20N2O2/c1-12(2)16(5-6-16)11-18-15(20)14-8-13(4-3-7-19)9-17-10-14/h8-10,12,19H,5-7,11H2,1-2H3,(H,18,20). The summed E-state index contributed by atoms with van der Waals surface area (Å²) >= 11 is 0. The Kier molecular flexibility index (Phi) is 4.41. The van der Waals surface area contributed by atoms with Gasteiger partial charge in [-0.15, -0.1) is 0 Å². The van der Waals surface area contributed by atoms with E-state index in [-0.39, 0.29) is 17.9 Å². The van der Waals surface area contributed by atoms with Crippen LogP contribution in [-0.2, 0) is 0 Å². The van der Waals surface area contributed by atoms with Gasteiger partial charge < -0.3 is 10.4 Å². The van der Waals surface area contributed by atoms with Crippen LogP contribution in [0.1, 0.15) is 42.6 Å². The molecule has 2 rings (SSSR count). The number of carbonyl (C=O) groups is 1. The molecule has 4 heteroatoms. The van der Waals surface area contributed by atoms with Gasteiger partial charge in [-0.25, -0.2) is 0 Å². The molecule has 0 saturated heterocycles. The smallest absolute Gasteiger partial charge is 0.252 e. The molecule has 1 aliphatic rings. The molecule has 1 aromatic rings. The maximum Gasteiger partial charge on any atom is 0.252 e. The van der Waals surface area contributed by atoms with Crippen LogP contribution < -0.4 is 5.32 Å². The van der Waals surface area contributed by atoms with Crippen molar-refractivity contribution < 1.29 is 9.90 Å². The number of nitrogens with one attached hydrogen (secondary N) is 1. The van der Waals surface area contributed by atoms with Gasteiger partial charge in [-0.1, -0.05) is 25.7 Å². The van der Waals surface area contributed by atoms with Gasteiger partial charge in [0.2, 0.25) is 0 Å². The Hall–Kier alpha value is -1.86. The average Bonchev–Trinajstić information content (AvgIpc) is 3.24. The van der Waals surface area contributed by atoms with Crippen LogP contribution in [0.25, 0.3) is 0 Å². The van der Waals surface area contributed by atoms with Gasteiger partial charge in [0.1, 0.15) is 6.61 Å². The molecule has 0 spiro atoms. The van der Waals surface area contributed by atoms with Gasteiger partial charge in [-0.05, 0) is 30.2 Å². The molecule has 4 nitrogen and oxygen atoms in total. The van der Waals surface area contributed by atoms with Crippen LogP contribution in [0.3, 0.4) is 0 Å². The highest BCUT2D eigenvalue weighted by atomic mass is 16.2. The average molecular weight is 272 g/mol. The maximum absolute atomic E-state index is 12.1. The van der Waals surface area contributed by atoms with Crippen molar-refractivity contribution in [2.24, 2.45) is 11.3 Å². The van der Waals surface area contributed by atoms with Gasteiger partial charge in [-0.2, -0.15) is 0 Å². The summed E-state index contributed by atoms with van der Waals surface area (Å²) in [6.45, 7) is 4.92. The van der Waals surface area contributed by atoms with E-state index in [1.54, 1.807) is 12.3 Å². The monoisotopic (exact) mass is 272 g/mol. The third-order valence-electron chi connectivity index (χ3n) is 4.03. The largest absolute Gasteiger partial charge is 0.384 e. The topological polar surface area (TPSA) is 62.2 Å². The second kappa shape index (κ2) is 6.06. The van der Waals surface area contributed by atoms with Crippen molar-refractivity contribution in [1.82, 2.24) is 10.3 Å². The van der Waals surface area contributed by atoms with Crippen LogP contribution in [0.2, 0.25) is 0 Å². The molecular formula is C16H20N2O2. The van der Waals surface area contributed by atoms with E-state index >= 15 is 0 Å². The third-order valence-corrected chi connectivity index (χ3v) is 4.03. The Morgan fingerprint density at radius 3 is 2.85 bits per heavy atom. The minimum absolute atomic E-state index is 0.114. The molecule has 1 heterocycles. The van der Waals surface area contributed by atoms with Crippen molar-refractivity contribution in [3.05, 3.63) is 29.6 Å². The summed E-state index contributed by atoms with van der Waals surface area (Å²) in [5.74, 6) is 5.77. The number of hydrogen-bond acceptors (Lipinski definition) is 3. The fourth-order valence-electron chi connectivity index (χ4n) is 2.25. The molecule has 0 atom stereocenters.